The zero-order chi connectivity index (χ0) is 14.7. The quantitative estimate of drug-likeness (QED) is 0.858. The topological polar surface area (TPSA) is 71.8 Å². The molecule has 2 heterocycles. The maximum Gasteiger partial charge on any atom is 0.273 e. The van der Waals surface area contributed by atoms with Gasteiger partial charge in [0.1, 0.15) is 0 Å². The van der Waals surface area contributed by atoms with Crippen LogP contribution in [0.5, 0.6) is 0 Å². The van der Waals surface area contributed by atoms with Crippen molar-refractivity contribution in [2.45, 2.75) is 18.9 Å². The van der Waals surface area contributed by atoms with Gasteiger partial charge in [0.2, 0.25) is 0 Å². The highest BCUT2D eigenvalue weighted by Gasteiger charge is 2.21. The summed E-state index contributed by atoms with van der Waals surface area (Å²) in [5, 5.41) is 14.0. The summed E-state index contributed by atoms with van der Waals surface area (Å²) in [6.07, 6.45) is 1.72. The van der Waals surface area contributed by atoms with E-state index in [-0.39, 0.29) is 11.8 Å². The summed E-state index contributed by atoms with van der Waals surface area (Å²) in [4.78, 5) is 12.1. The van der Waals surface area contributed by atoms with E-state index >= 15 is 0 Å². The number of amides is 1. The smallest absolute Gasteiger partial charge is 0.273 e. The molecule has 0 spiro atoms. The molecule has 1 aliphatic rings. The lowest BCUT2D eigenvalue weighted by Crippen LogP contribution is -2.43. The van der Waals surface area contributed by atoms with E-state index < -0.39 is 0 Å². The Bertz CT molecular complexity index is 606. The lowest BCUT2D eigenvalue weighted by molar-refractivity contribution is 0.0946. The molecule has 1 aromatic heterocycles. The van der Waals surface area contributed by atoms with E-state index in [4.69, 9.17) is 0 Å². The number of hydrogen-bond acceptors (Lipinski definition) is 4. The minimum absolute atomic E-state index is 0.170. The second kappa shape index (κ2) is 6.05. The molecule has 1 amide bonds. The molecule has 0 saturated carbocycles. The third kappa shape index (κ3) is 3.11. The summed E-state index contributed by atoms with van der Waals surface area (Å²) in [7, 11) is 0. The zero-order valence-electron chi connectivity index (χ0n) is 12.0. The van der Waals surface area contributed by atoms with Gasteiger partial charge in [-0.15, -0.1) is 5.10 Å². The predicted octanol–water partition coefficient (Wildman–Crippen LogP) is 0.956. The highest BCUT2D eigenvalue weighted by atomic mass is 16.2. The number of carbonyl (C=O) groups excluding carboxylic acids is 1. The zero-order valence-corrected chi connectivity index (χ0v) is 12.0. The molecule has 3 rings (SSSR count). The van der Waals surface area contributed by atoms with Crippen molar-refractivity contribution in [2.75, 3.05) is 19.6 Å². The Kier molecular flexibility index (Phi) is 3.96. The molecule has 6 nitrogen and oxygen atoms in total. The monoisotopic (exact) mass is 285 g/mol. The van der Waals surface area contributed by atoms with Crippen molar-refractivity contribution in [3.63, 3.8) is 0 Å². The van der Waals surface area contributed by atoms with Crippen molar-refractivity contribution in [2.24, 2.45) is 0 Å². The van der Waals surface area contributed by atoms with E-state index in [9.17, 15) is 4.79 Å². The summed E-state index contributed by atoms with van der Waals surface area (Å²) in [5.41, 5.74) is 1.59. The number of rotatable bonds is 5. The maximum absolute atomic E-state index is 12.1. The number of nitrogens with one attached hydrogen (secondary N) is 2. The molecule has 0 radical (unpaired) electrons. The van der Waals surface area contributed by atoms with Crippen LogP contribution in [0.4, 0.5) is 0 Å². The van der Waals surface area contributed by atoms with Gasteiger partial charge in [0.15, 0.2) is 5.69 Å². The van der Waals surface area contributed by atoms with Crippen LogP contribution in [0.25, 0.3) is 0 Å². The van der Waals surface area contributed by atoms with Gasteiger partial charge in [-0.1, -0.05) is 42.5 Å². The number of hydrogen-bond donors (Lipinski definition) is 2. The van der Waals surface area contributed by atoms with Gasteiger partial charge in [-0.05, 0) is 11.5 Å². The first-order valence-electron chi connectivity index (χ1n) is 7.19. The second-order valence-corrected chi connectivity index (χ2v) is 5.42. The average molecular weight is 285 g/mol. The van der Waals surface area contributed by atoms with Gasteiger partial charge >= 0.3 is 0 Å². The van der Waals surface area contributed by atoms with Crippen LogP contribution in [0, 0.1) is 0 Å². The number of benzene rings is 1. The molecule has 0 bridgehead atoms. The fourth-order valence-electron chi connectivity index (χ4n) is 2.26. The molecule has 1 unspecified atom stereocenters. The van der Waals surface area contributed by atoms with Crippen molar-refractivity contribution >= 4 is 5.91 Å². The third-order valence-electron chi connectivity index (χ3n) is 3.81. The fraction of sp³-hybridized carbons (Fsp3) is 0.400. The van der Waals surface area contributed by atoms with E-state index in [1.165, 1.54) is 5.56 Å². The van der Waals surface area contributed by atoms with Gasteiger partial charge in [-0.2, -0.15) is 0 Å². The van der Waals surface area contributed by atoms with Crippen molar-refractivity contribution in [1.82, 2.24) is 25.6 Å². The Balaban J connectivity index is 1.55. The van der Waals surface area contributed by atoms with E-state index in [1.807, 2.05) is 18.2 Å². The van der Waals surface area contributed by atoms with Crippen LogP contribution < -0.4 is 10.6 Å². The molecule has 1 aromatic carbocycles. The molecule has 1 aliphatic heterocycles. The summed E-state index contributed by atoms with van der Waals surface area (Å²) >= 11 is 0. The van der Waals surface area contributed by atoms with Crippen molar-refractivity contribution in [1.29, 1.82) is 0 Å². The largest absolute Gasteiger partial charge is 0.350 e. The number of aromatic nitrogens is 3. The molecule has 6 heteroatoms. The molecule has 0 aliphatic carbocycles. The molecule has 21 heavy (non-hydrogen) atoms. The first kappa shape index (κ1) is 13.8. The van der Waals surface area contributed by atoms with Gasteiger partial charge < -0.3 is 10.6 Å². The predicted molar refractivity (Wildman–Crippen MR) is 79.1 cm³/mol. The molecular formula is C15H19N5O. The first-order valence-corrected chi connectivity index (χ1v) is 7.19. The Hall–Kier alpha value is -2.21. The normalized spacial score (nSPS) is 16.2. The van der Waals surface area contributed by atoms with Crippen LogP contribution in [0.15, 0.2) is 36.5 Å². The lowest BCUT2D eigenvalue weighted by atomic mass is 10.0. The van der Waals surface area contributed by atoms with Crippen LogP contribution in [0.2, 0.25) is 0 Å². The average Bonchev–Trinajstić information content (AvgIpc) is 2.93. The van der Waals surface area contributed by atoms with Gasteiger partial charge in [-0.3, -0.25) is 4.79 Å². The Labute approximate surface area is 123 Å². The molecule has 2 aromatic rings. The summed E-state index contributed by atoms with van der Waals surface area (Å²) in [5.74, 6) is 0.0948. The standard InChI is InChI=1S/C15H19N5O/c1-11(12-5-3-2-4-6-12)7-17-15(21)14-10-20(19-18-14)13-8-16-9-13/h2-6,10-11,13,16H,7-9H2,1H3,(H,17,21). The lowest BCUT2D eigenvalue weighted by Gasteiger charge is -2.26. The van der Waals surface area contributed by atoms with E-state index in [1.54, 1.807) is 10.9 Å². The maximum atomic E-state index is 12.1. The van der Waals surface area contributed by atoms with Crippen molar-refractivity contribution < 1.29 is 4.79 Å². The Morgan fingerprint density at radius 3 is 2.86 bits per heavy atom. The molecular weight excluding hydrogens is 266 g/mol. The minimum atomic E-state index is -0.170. The van der Waals surface area contributed by atoms with Crippen LogP contribution in [0.3, 0.4) is 0 Å². The van der Waals surface area contributed by atoms with E-state index in [0.29, 0.717) is 18.3 Å². The molecule has 1 atom stereocenters. The molecule has 2 N–H and O–H groups in total. The second-order valence-electron chi connectivity index (χ2n) is 5.42. The van der Waals surface area contributed by atoms with Crippen LogP contribution in [-0.4, -0.2) is 40.5 Å². The number of nitrogens with zero attached hydrogens (tertiary/aromatic N) is 3. The van der Waals surface area contributed by atoms with E-state index in [2.05, 4.69) is 40.0 Å². The van der Waals surface area contributed by atoms with Gasteiger partial charge in [0, 0.05) is 19.6 Å². The number of carbonyl (C=O) groups is 1. The van der Waals surface area contributed by atoms with Gasteiger partial charge in [0.25, 0.3) is 5.91 Å². The van der Waals surface area contributed by atoms with Crippen molar-refractivity contribution in [3.05, 3.63) is 47.8 Å². The Morgan fingerprint density at radius 2 is 2.19 bits per heavy atom. The summed E-state index contributed by atoms with van der Waals surface area (Å²) in [6.45, 7) is 4.44. The first-order chi connectivity index (χ1) is 10.2. The van der Waals surface area contributed by atoms with Crippen LogP contribution >= 0.6 is 0 Å². The van der Waals surface area contributed by atoms with Crippen LogP contribution in [-0.2, 0) is 0 Å². The van der Waals surface area contributed by atoms with Crippen LogP contribution in [0.1, 0.15) is 34.9 Å². The molecule has 110 valence electrons. The molecule has 1 fully saturated rings. The van der Waals surface area contributed by atoms with E-state index in [0.717, 1.165) is 13.1 Å². The summed E-state index contributed by atoms with van der Waals surface area (Å²) < 4.78 is 1.76. The minimum Gasteiger partial charge on any atom is -0.350 e. The van der Waals surface area contributed by atoms with Gasteiger partial charge in [0.05, 0.1) is 12.2 Å². The SMILES string of the molecule is CC(CNC(=O)c1cn(C2CNC2)nn1)c1ccccc1. The van der Waals surface area contributed by atoms with Crippen molar-refractivity contribution in [3.8, 4) is 0 Å². The highest BCUT2D eigenvalue weighted by Crippen LogP contribution is 2.13. The highest BCUT2D eigenvalue weighted by molar-refractivity contribution is 5.91. The summed E-state index contributed by atoms with van der Waals surface area (Å²) in [6, 6.07) is 10.5. The fourth-order valence-corrected chi connectivity index (χ4v) is 2.26. The Morgan fingerprint density at radius 1 is 1.43 bits per heavy atom. The molecule has 1 saturated heterocycles. The van der Waals surface area contributed by atoms with Gasteiger partial charge in [-0.25, -0.2) is 4.68 Å². The third-order valence-corrected chi connectivity index (χ3v) is 3.81.